The summed E-state index contributed by atoms with van der Waals surface area (Å²) >= 11 is 0. The van der Waals surface area contributed by atoms with Gasteiger partial charge in [-0.05, 0) is 53.3 Å². The highest BCUT2D eigenvalue weighted by Crippen LogP contribution is 2.35. The Morgan fingerprint density at radius 1 is 0.972 bits per heavy atom. The van der Waals surface area contributed by atoms with Crippen molar-refractivity contribution >= 4 is 21.8 Å². The first kappa shape index (κ1) is 23.4. The monoisotopic (exact) mass is 485 g/mol. The fraction of sp³-hybridized carbons (Fsp3) is 0.172. The predicted octanol–water partition coefficient (Wildman–Crippen LogP) is 7.60. The van der Waals surface area contributed by atoms with E-state index in [2.05, 4.69) is 41.9 Å². The van der Waals surface area contributed by atoms with E-state index in [-0.39, 0.29) is 6.61 Å². The van der Waals surface area contributed by atoms with E-state index in [0.717, 1.165) is 28.5 Å². The van der Waals surface area contributed by atoms with Crippen LogP contribution in [0.15, 0.2) is 66.7 Å². The van der Waals surface area contributed by atoms with Gasteiger partial charge in [0.15, 0.2) is 5.82 Å². The second-order valence-corrected chi connectivity index (χ2v) is 8.82. The number of benzene rings is 3. The second kappa shape index (κ2) is 9.04. The summed E-state index contributed by atoms with van der Waals surface area (Å²) in [5.41, 5.74) is 3.32. The first-order valence-electron chi connectivity index (χ1n) is 11.4. The smallest absolute Gasteiger partial charge is 0.416 e. The molecule has 0 unspecified atom stereocenters. The highest BCUT2D eigenvalue weighted by molar-refractivity contribution is 5.97. The van der Waals surface area contributed by atoms with Crippen molar-refractivity contribution in [3.8, 4) is 40.9 Å². The summed E-state index contributed by atoms with van der Waals surface area (Å²) in [6, 6.07) is 19.1. The Balaban J connectivity index is 1.67. The minimum absolute atomic E-state index is 0.147. The molecular weight excluding hydrogens is 463 g/mol. The zero-order valence-electron chi connectivity index (χ0n) is 19.6. The quantitative estimate of drug-likeness (QED) is 0.261. The van der Waals surface area contributed by atoms with Crippen LogP contribution in [0.3, 0.4) is 0 Å². The van der Waals surface area contributed by atoms with E-state index in [0.29, 0.717) is 39.9 Å². The van der Waals surface area contributed by atoms with Gasteiger partial charge in [-0.2, -0.15) is 13.2 Å². The molecule has 0 fully saturated rings. The number of nitrogens with zero attached hydrogens (tertiary/aromatic N) is 2. The van der Waals surface area contributed by atoms with E-state index < -0.39 is 11.7 Å². The van der Waals surface area contributed by atoms with Crippen LogP contribution in [0.4, 0.5) is 13.2 Å². The van der Waals surface area contributed by atoms with Crippen LogP contribution in [0.25, 0.3) is 44.6 Å². The van der Waals surface area contributed by atoms with Crippen molar-refractivity contribution in [1.29, 1.82) is 0 Å². The van der Waals surface area contributed by atoms with E-state index in [1.165, 1.54) is 11.6 Å². The van der Waals surface area contributed by atoms with Crippen LogP contribution < -0.4 is 4.74 Å². The molecule has 5 rings (SSSR count). The number of pyridine rings is 1. The summed E-state index contributed by atoms with van der Waals surface area (Å²) in [6.45, 7) is 4.41. The van der Waals surface area contributed by atoms with Crippen LogP contribution in [-0.4, -0.2) is 21.6 Å². The van der Waals surface area contributed by atoms with Crippen LogP contribution in [0, 0.1) is 12.3 Å². The van der Waals surface area contributed by atoms with E-state index in [1.54, 1.807) is 0 Å². The number of H-pyrrole nitrogens is 1. The maximum atomic E-state index is 13.2. The van der Waals surface area contributed by atoms with Gasteiger partial charge in [0.2, 0.25) is 0 Å². The minimum atomic E-state index is -4.44. The number of hydrogen-bond donors (Lipinski definition) is 1. The van der Waals surface area contributed by atoms with Gasteiger partial charge in [-0.1, -0.05) is 50.1 Å². The molecule has 180 valence electrons. The number of alkyl halides is 3. The van der Waals surface area contributed by atoms with Gasteiger partial charge in [0.1, 0.15) is 18.1 Å². The average Bonchev–Trinajstić information content (AvgIpc) is 3.30. The molecule has 0 radical (unpaired) electrons. The van der Waals surface area contributed by atoms with Crippen LogP contribution in [-0.2, 0) is 6.18 Å². The number of rotatable bonds is 5. The number of nitrogens with one attached hydrogen (secondary N) is 1. The normalized spacial score (nSPS) is 11.8. The molecule has 0 saturated heterocycles. The topological polar surface area (TPSA) is 50.8 Å². The summed E-state index contributed by atoms with van der Waals surface area (Å²) in [6.07, 6.45) is 0.902. The van der Waals surface area contributed by atoms with Crippen LogP contribution in [0.2, 0.25) is 0 Å². The Labute approximate surface area is 206 Å². The zero-order valence-corrected chi connectivity index (χ0v) is 19.6. The van der Waals surface area contributed by atoms with Crippen molar-refractivity contribution in [2.45, 2.75) is 25.9 Å². The molecule has 2 aromatic heterocycles. The molecule has 0 aliphatic carbocycles. The summed E-state index contributed by atoms with van der Waals surface area (Å²) in [7, 11) is 0. The lowest BCUT2D eigenvalue weighted by Gasteiger charge is -2.12. The van der Waals surface area contributed by atoms with E-state index in [9.17, 15) is 13.2 Å². The van der Waals surface area contributed by atoms with Crippen LogP contribution >= 0.6 is 0 Å². The number of hydrogen-bond acceptors (Lipinski definition) is 3. The number of aromatic amines is 1. The Morgan fingerprint density at radius 3 is 2.44 bits per heavy atom. The van der Waals surface area contributed by atoms with Crippen molar-refractivity contribution in [3.63, 3.8) is 0 Å². The van der Waals surface area contributed by atoms with Gasteiger partial charge in [0.05, 0.1) is 22.3 Å². The number of halogens is 3. The second-order valence-electron chi connectivity index (χ2n) is 8.82. The zero-order chi connectivity index (χ0) is 25.4. The first-order valence-corrected chi connectivity index (χ1v) is 11.4. The molecule has 36 heavy (non-hydrogen) atoms. The molecule has 0 amide bonds. The summed E-state index contributed by atoms with van der Waals surface area (Å²) in [5, 5.41) is 1.74. The molecule has 0 aliphatic rings. The fourth-order valence-electron chi connectivity index (χ4n) is 4.12. The average molecular weight is 486 g/mol. The number of fused-ring (bicyclic) bond motifs is 2. The first-order chi connectivity index (χ1) is 17.2. The Kier molecular flexibility index (Phi) is 5.89. The number of imidazole rings is 1. The Morgan fingerprint density at radius 2 is 1.75 bits per heavy atom. The molecule has 0 saturated carbocycles. The molecular formula is C29H22F3N3O. The van der Waals surface area contributed by atoms with E-state index >= 15 is 0 Å². The molecule has 5 aromatic rings. The highest BCUT2D eigenvalue weighted by atomic mass is 19.4. The van der Waals surface area contributed by atoms with Gasteiger partial charge in [-0.3, -0.25) is 0 Å². The molecule has 7 heteroatoms. The Bertz CT molecular complexity index is 1610. The standard InChI is InChI=1S/C29H22F3N3O/c1-4-13-36-22-11-9-20-14-26(28-34-24-12-10-21(29(30,31)32)15-25(24)35-28)33-27(23(20)16-22)19-7-5-18(6-8-19)17(2)3/h1,5-12,14-17H,13H2,2-3H3,(H,34,35). The number of aromatic nitrogens is 3. The molecule has 0 aliphatic heterocycles. The fourth-order valence-corrected chi connectivity index (χ4v) is 4.12. The van der Waals surface area contributed by atoms with Gasteiger partial charge in [0, 0.05) is 10.9 Å². The Hall–Kier alpha value is -4.31. The van der Waals surface area contributed by atoms with Gasteiger partial charge < -0.3 is 9.72 Å². The van der Waals surface area contributed by atoms with Crippen LogP contribution in [0.5, 0.6) is 5.75 Å². The van der Waals surface area contributed by atoms with Gasteiger partial charge >= 0.3 is 6.18 Å². The number of ether oxygens (including phenoxy) is 1. The lowest BCUT2D eigenvalue weighted by Crippen LogP contribution is -2.04. The van der Waals surface area contributed by atoms with Gasteiger partial charge in [-0.15, -0.1) is 6.42 Å². The SMILES string of the molecule is C#CCOc1ccc2cc(-c3nc4ccc(C(F)(F)F)cc4[nH]3)nc(-c3ccc(C(C)C)cc3)c2c1. The van der Waals surface area contributed by atoms with Gasteiger partial charge in [0.25, 0.3) is 0 Å². The molecule has 4 nitrogen and oxygen atoms in total. The lowest BCUT2D eigenvalue weighted by molar-refractivity contribution is -0.137. The van der Waals surface area contributed by atoms with Crippen molar-refractivity contribution in [3.05, 3.63) is 77.9 Å². The molecule has 0 atom stereocenters. The molecule has 3 aromatic carbocycles. The van der Waals surface area contributed by atoms with Gasteiger partial charge in [-0.25, -0.2) is 9.97 Å². The number of terminal acetylenes is 1. The van der Waals surface area contributed by atoms with Crippen molar-refractivity contribution in [1.82, 2.24) is 15.0 Å². The maximum absolute atomic E-state index is 13.2. The largest absolute Gasteiger partial charge is 0.481 e. The third kappa shape index (κ3) is 4.50. The lowest BCUT2D eigenvalue weighted by atomic mass is 9.98. The molecule has 0 bridgehead atoms. The minimum Gasteiger partial charge on any atom is -0.481 e. The summed E-state index contributed by atoms with van der Waals surface area (Å²) in [4.78, 5) is 12.4. The summed E-state index contributed by atoms with van der Waals surface area (Å²) < 4.78 is 45.2. The van der Waals surface area contributed by atoms with E-state index in [4.69, 9.17) is 16.1 Å². The van der Waals surface area contributed by atoms with E-state index in [1.807, 2.05) is 36.4 Å². The molecule has 0 spiro atoms. The summed E-state index contributed by atoms with van der Waals surface area (Å²) in [5.74, 6) is 3.86. The third-order valence-electron chi connectivity index (χ3n) is 6.03. The molecule has 1 N–H and O–H groups in total. The third-order valence-corrected chi connectivity index (χ3v) is 6.03. The van der Waals surface area contributed by atoms with Crippen molar-refractivity contribution in [2.75, 3.05) is 6.61 Å². The van der Waals surface area contributed by atoms with Crippen LogP contribution in [0.1, 0.15) is 30.9 Å². The predicted molar refractivity (Wildman–Crippen MR) is 136 cm³/mol. The van der Waals surface area contributed by atoms with Crippen molar-refractivity contribution in [2.24, 2.45) is 0 Å². The maximum Gasteiger partial charge on any atom is 0.416 e. The highest BCUT2D eigenvalue weighted by Gasteiger charge is 2.30. The molecule has 2 heterocycles. The van der Waals surface area contributed by atoms with Crippen molar-refractivity contribution < 1.29 is 17.9 Å².